The summed E-state index contributed by atoms with van der Waals surface area (Å²) in [6.45, 7) is 4.88. The van der Waals surface area contributed by atoms with Crippen LogP contribution in [0.4, 0.5) is 16.2 Å². The number of amides is 4. The Kier molecular flexibility index (Phi) is 8.10. The van der Waals surface area contributed by atoms with Gasteiger partial charge in [0.25, 0.3) is 5.91 Å². The van der Waals surface area contributed by atoms with Crippen LogP contribution in [0.3, 0.4) is 0 Å². The van der Waals surface area contributed by atoms with Crippen molar-refractivity contribution in [2.75, 3.05) is 30.8 Å². The maximum Gasteiger partial charge on any atom is 0.323 e. The number of fused-ring (bicyclic) bond motifs is 2. The Labute approximate surface area is 211 Å². The number of hydrogen-bond donors (Lipinski definition) is 3. The van der Waals surface area contributed by atoms with E-state index in [0.717, 1.165) is 12.0 Å². The number of anilines is 2. The Morgan fingerprint density at radius 1 is 1.08 bits per heavy atom. The van der Waals surface area contributed by atoms with Gasteiger partial charge in [-0.05, 0) is 62.1 Å². The number of benzene rings is 2. The summed E-state index contributed by atoms with van der Waals surface area (Å²) in [7, 11) is 1.76. The normalized spacial score (nSPS) is 21.2. The molecule has 2 aromatic carbocycles. The number of likely N-dealkylation sites (N-methyl/N-ethyl adjacent to an activating group) is 1. The van der Waals surface area contributed by atoms with Gasteiger partial charge in [0, 0.05) is 25.0 Å². The molecule has 2 aromatic rings. The number of carbonyl (C=O) groups is 3. The minimum Gasteiger partial charge on any atom is -0.490 e. The van der Waals surface area contributed by atoms with Crippen molar-refractivity contribution < 1.29 is 23.9 Å². The van der Waals surface area contributed by atoms with Gasteiger partial charge in [0.05, 0.1) is 24.1 Å². The summed E-state index contributed by atoms with van der Waals surface area (Å²) in [6, 6.07) is 12.0. The lowest BCUT2D eigenvalue weighted by molar-refractivity contribution is -0.134. The van der Waals surface area contributed by atoms with Gasteiger partial charge >= 0.3 is 6.03 Å². The second-order valence-corrected chi connectivity index (χ2v) is 9.38. The zero-order chi connectivity index (χ0) is 25.7. The fraction of sp³-hybridized carbons (Fsp3) is 0.444. The maximum atomic E-state index is 13.4. The molecule has 0 aliphatic carbocycles. The van der Waals surface area contributed by atoms with Gasteiger partial charge in [-0.1, -0.05) is 19.1 Å². The zero-order valence-electron chi connectivity index (χ0n) is 21.0. The molecule has 9 nitrogen and oxygen atoms in total. The van der Waals surface area contributed by atoms with E-state index in [1.165, 1.54) is 0 Å². The lowest BCUT2D eigenvalue weighted by atomic mass is 9.94. The Morgan fingerprint density at radius 2 is 1.86 bits per heavy atom. The summed E-state index contributed by atoms with van der Waals surface area (Å²) in [5, 5.41) is 8.47. The summed E-state index contributed by atoms with van der Waals surface area (Å²) >= 11 is 0. The number of ether oxygens (including phenoxy) is 2. The molecule has 0 radical (unpaired) electrons. The molecule has 0 bridgehead atoms. The largest absolute Gasteiger partial charge is 0.490 e. The smallest absolute Gasteiger partial charge is 0.323 e. The summed E-state index contributed by atoms with van der Waals surface area (Å²) < 4.78 is 12.2. The lowest BCUT2D eigenvalue weighted by Crippen LogP contribution is -2.54. The Hall–Kier alpha value is -3.59. The van der Waals surface area contributed by atoms with Gasteiger partial charge in [0.1, 0.15) is 18.5 Å². The highest BCUT2D eigenvalue weighted by Crippen LogP contribution is 2.32. The van der Waals surface area contributed by atoms with Crippen LogP contribution < -0.4 is 20.7 Å². The minimum atomic E-state index is -0.400. The quantitative estimate of drug-likeness (QED) is 0.564. The Balaban J connectivity index is 1.43. The van der Waals surface area contributed by atoms with Crippen LogP contribution in [0.5, 0.6) is 5.75 Å². The van der Waals surface area contributed by atoms with Crippen LogP contribution in [0.25, 0.3) is 0 Å². The van der Waals surface area contributed by atoms with Crippen LogP contribution in [0.15, 0.2) is 42.5 Å². The molecule has 192 valence electrons. The molecule has 1 saturated heterocycles. The van der Waals surface area contributed by atoms with E-state index in [9.17, 15) is 14.4 Å². The first-order chi connectivity index (χ1) is 17.3. The Bertz CT molecular complexity index is 1120. The van der Waals surface area contributed by atoms with E-state index in [0.29, 0.717) is 48.5 Å². The molecular formula is C27H34N4O5. The molecule has 36 heavy (non-hydrogen) atoms. The predicted octanol–water partition coefficient (Wildman–Crippen LogP) is 3.94. The van der Waals surface area contributed by atoms with Crippen molar-refractivity contribution in [3.05, 3.63) is 53.6 Å². The number of carbonyl (C=O) groups excluding carboxylic acids is 3. The highest BCUT2D eigenvalue weighted by molar-refractivity contribution is 6.02. The van der Waals surface area contributed by atoms with E-state index in [1.54, 1.807) is 30.1 Å². The molecular weight excluding hydrogens is 460 g/mol. The van der Waals surface area contributed by atoms with E-state index >= 15 is 0 Å². The number of nitrogens with zero attached hydrogens (tertiary/aromatic N) is 1. The number of rotatable bonds is 6. The van der Waals surface area contributed by atoms with Gasteiger partial charge < -0.3 is 30.3 Å². The molecule has 4 amide bonds. The van der Waals surface area contributed by atoms with Crippen molar-refractivity contribution in [1.82, 2.24) is 10.2 Å². The van der Waals surface area contributed by atoms with Crippen LogP contribution in [0, 0.1) is 6.92 Å². The molecule has 2 heterocycles. The molecule has 3 atom stereocenters. The SMILES string of the molecule is CCCNC(=O)C[C@H]1CC[C@H]2[C@@H](COc3ccc(NC(=O)Nc4cccc(C)c4)cc3C(=O)N2C)O1. The fourth-order valence-electron chi connectivity index (χ4n) is 4.66. The zero-order valence-corrected chi connectivity index (χ0v) is 21.0. The number of aryl methyl sites for hydroxylation is 1. The van der Waals surface area contributed by atoms with E-state index in [4.69, 9.17) is 9.47 Å². The van der Waals surface area contributed by atoms with Crippen LogP contribution in [0.2, 0.25) is 0 Å². The highest BCUT2D eigenvalue weighted by atomic mass is 16.5. The number of urea groups is 1. The van der Waals surface area contributed by atoms with Gasteiger partial charge in [-0.25, -0.2) is 4.79 Å². The van der Waals surface area contributed by atoms with Gasteiger partial charge in [0.15, 0.2) is 0 Å². The highest BCUT2D eigenvalue weighted by Gasteiger charge is 2.39. The van der Waals surface area contributed by atoms with Crippen molar-refractivity contribution >= 4 is 29.2 Å². The molecule has 0 aromatic heterocycles. The molecule has 2 aliphatic rings. The van der Waals surface area contributed by atoms with Crippen molar-refractivity contribution in [1.29, 1.82) is 0 Å². The first-order valence-corrected chi connectivity index (χ1v) is 12.4. The van der Waals surface area contributed by atoms with Crippen LogP contribution >= 0.6 is 0 Å². The van der Waals surface area contributed by atoms with Crippen molar-refractivity contribution in [2.45, 2.75) is 57.8 Å². The van der Waals surface area contributed by atoms with Gasteiger partial charge in [-0.3, -0.25) is 9.59 Å². The summed E-state index contributed by atoms with van der Waals surface area (Å²) in [5.74, 6) is 0.208. The predicted molar refractivity (Wildman–Crippen MR) is 137 cm³/mol. The van der Waals surface area contributed by atoms with Crippen molar-refractivity contribution in [3.63, 3.8) is 0 Å². The summed E-state index contributed by atoms with van der Waals surface area (Å²) in [5.41, 5.74) is 2.59. The van der Waals surface area contributed by atoms with Gasteiger partial charge in [0.2, 0.25) is 5.91 Å². The fourth-order valence-corrected chi connectivity index (χ4v) is 4.66. The summed E-state index contributed by atoms with van der Waals surface area (Å²) in [6.07, 6.45) is 2.06. The standard InChI is InChI=1S/C27H34N4O5/c1-4-12-28-25(32)15-20-9-10-22-24(36-20)16-35-23-11-8-19(14-21(23)26(33)31(22)3)30-27(34)29-18-7-5-6-17(2)13-18/h5-8,11,13-14,20,22,24H,4,9-10,12,15-16H2,1-3H3,(H,28,32)(H2,29,30,34)/t20-,22+,24-/m1/s1. The maximum absolute atomic E-state index is 13.4. The van der Waals surface area contributed by atoms with E-state index in [2.05, 4.69) is 16.0 Å². The Morgan fingerprint density at radius 3 is 2.61 bits per heavy atom. The lowest BCUT2D eigenvalue weighted by Gasteiger charge is -2.42. The van der Waals surface area contributed by atoms with Gasteiger partial charge in [-0.15, -0.1) is 0 Å². The molecule has 0 spiro atoms. The van der Waals surface area contributed by atoms with Crippen LogP contribution in [-0.4, -0.2) is 61.2 Å². The average Bonchev–Trinajstić information content (AvgIpc) is 2.85. The summed E-state index contributed by atoms with van der Waals surface area (Å²) in [4.78, 5) is 39.7. The number of hydrogen-bond acceptors (Lipinski definition) is 5. The van der Waals surface area contributed by atoms with Crippen molar-refractivity contribution in [2.24, 2.45) is 0 Å². The third-order valence-corrected chi connectivity index (χ3v) is 6.53. The van der Waals surface area contributed by atoms with E-state index < -0.39 is 6.03 Å². The molecule has 0 unspecified atom stereocenters. The van der Waals surface area contributed by atoms with Crippen LogP contribution in [-0.2, 0) is 9.53 Å². The van der Waals surface area contributed by atoms with Crippen LogP contribution in [0.1, 0.15) is 48.5 Å². The second-order valence-electron chi connectivity index (χ2n) is 9.38. The number of nitrogens with one attached hydrogen (secondary N) is 3. The molecule has 3 N–H and O–H groups in total. The molecule has 1 fully saturated rings. The third kappa shape index (κ3) is 6.15. The minimum absolute atomic E-state index is 0.0201. The topological polar surface area (TPSA) is 109 Å². The van der Waals surface area contributed by atoms with E-state index in [1.807, 2.05) is 38.1 Å². The molecule has 4 rings (SSSR count). The van der Waals surface area contributed by atoms with E-state index in [-0.39, 0.29) is 36.7 Å². The third-order valence-electron chi connectivity index (χ3n) is 6.53. The second kappa shape index (κ2) is 11.4. The van der Waals surface area contributed by atoms with Crippen molar-refractivity contribution in [3.8, 4) is 5.75 Å². The van der Waals surface area contributed by atoms with Gasteiger partial charge in [-0.2, -0.15) is 0 Å². The molecule has 2 aliphatic heterocycles. The average molecular weight is 495 g/mol. The molecule has 9 heteroatoms. The molecule has 0 saturated carbocycles. The first kappa shape index (κ1) is 25.5. The first-order valence-electron chi connectivity index (χ1n) is 12.4. The monoisotopic (exact) mass is 494 g/mol.